The van der Waals surface area contributed by atoms with Gasteiger partial charge in [-0.1, -0.05) is 27.7 Å². The molecule has 1 unspecified atom stereocenters. The Bertz CT molecular complexity index is 292. The van der Waals surface area contributed by atoms with Crippen LogP contribution in [0, 0.1) is 0 Å². The summed E-state index contributed by atoms with van der Waals surface area (Å²) in [5.74, 6) is -0.484. The number of rotatable bonds is 2. The quantitative estimate of drug-likeness (QED) is 0.435. The highest BCUT2D eigenvalue weighted by atomic mass is 79.9. The van der Waals surface area contributed by atoms with Crippen molar-refractivity contribution in [3.63, 3.8) is 0 Å². The van der Waals surface area contributed by atoms with E-state index in [1.54, 1.807) is 14.0 Å². The van der Waals surface area contributed by atoms with E-state index in [1.807, 2.05) is 0 Å². The Morgan fingerprint density at radius 3 is 2.86 bits per heavy atom. The number of halogens is 1. The normalized spacial score (nSPS) is 24.5. The van der Waals surface area contributed by atoms with Crippen molar-refractivity contribution < 1.29 is 14.3 Å². The van der Waals surface area contributed by atoms with Crippen molar-refractivity contribution in [2.24, 2.45) is 0 Å². The van der Waals surface area contributed by atoms with E-state index >= 15 is 0 Å². The molecule has 0 aromatic carbocycles. The van der Waals surface area contributed by atoms with Crippen LogP contribution in [-0.4, -0.2) is 34.6 Å². The number of hydrogen-bond acceptors (Lipinski definition) is 4. The third-order valence-corrected chi connectivity index (χ3v) is 3.60. The molecule has 0 radical (unpaired) electrons. The minimum absolute atomic E-state index is 0.0643. The van der Waals surface area contributed by atoms with Crippen LogP contribution in [0.15, 0.2) is 11.1 Å². The first-order valence-corrected chi connectivity index (χ1v) is 5.82. The second-order valence-corrected chi connectivity index (χ2v) is 5.21. The number of ether oxygens (including phenoxy) is 1. The van der Waals surface area contributed by atoms with Gasteiger partial charge in [0.15, 0.2) is 0 Å². The molecule has 0 N–H and O–H groups in total. The molecule has 1 amide bonds. The summed E-state index contributed by atoms with van der Waals surface area (Å²) in [5.41, 5.74) is 0. The summed E-state index contributed by atoms with van der Waals surface area (Å²) in [6.45, 7) is 2.07. The molecule has 1 atom stereocenters. The number of nitrogens with zero attached hydrogens (tertiary/aromatic N) is 1. The first-order valence-electron chi connectivity index (χ1n) is 4.03. The highest BCUT2D eigenvalue weighted by molar-refractivity contribution is 9.11. The number of carbonyl (C=O) groups is 2. The maximum atomic E-state index is 11.3. The SMILES string of the molecule is CCOC(=O)/C=C1/SC(Br)C(=O)N1C. The number of hydrogen-bond donors (Lipinski definition) is 0. The molecule has 1 rings (SSSR count). The Balaban J connectivity index is 2.70. The molecule has 1 aliphatic rings. The summed E-state index contributed by atoms with van der Waals surface area (Å²) in [4.78, 5) is 23.8. The highest BCUT2D eigenvalue weighted by Crippen LogP contribution is 2.36. The minimum Gasteiger partial charge on any atom is -0.463 e. The van der Waals surface area contributed by atoms with E-state index in [1.165, 1.54) is 22.7 Å². The molecule has 0 saturated carbocycles. The lowest BCUT2D eigenvalue weighted by Crippen LogP contribution is -2.22. The van der Waals surface area contributed by atoms with Gasteiger partial charge in [-0.2, -0.15) is 0 Å². The molecule has 0 spiro atoms. The Hall–Kier alpha value is -0.490. The number of amides is 1. The summed E-state index contributed by atoms with van der Waals surface area (Å²) >= 11 is 4.48. The van der Waals surface area contributed by atoms with Crippen LogP contribution in [0.2, 0.25) is 0 Å². The topological polar surface area (TPSA) is 46.6 Å². The van der Waals surface area contributed by atoms with E-state index in [4.69, 9.17) is 4.74 Å². The van der Waals surface area contributed by atoms with Crippen LogP contribution >= 0.6 is 27.7 Å². The van der Waals surface area contributed by atoms with Crippen molar-refractivity contribution in [3.05, 3.63) is 11.1 Å². The smallest absolute Gasteiger partial charge is 0.333 e. The number of carbonyl (C=O) groups excluding carboxylic acids is 2. The average Bonchev–Trinajstić information content (AvgIpc) is 2.34. The van der Waals surface area contributed by atoms with Crippen LogP contribution in [0.25, 0.3) is 0 Å². The number of alkyl halides is 1. The summed E-state index contributed by atoms with van der Waals surface area (Å²) < 4.78 is 4.44. The Morgan fingerprint density at radius 1 is 1.79 bits per heavy atom. The first kappa shape index (κ1) is 11.6. The minimum atomic E-state index is -0.420. The predicted molar refractivity (Wildman–Crippen MR) is 57.8 cm³/mol. The van der Waals surface area contributed by atoms with Crippen LogP contribution in [0.5, 0.6) is 0 Å². The summed E-state index contributed by atoms with van der Waals surface area (Å²) in [5, 5.41) is 0.607. The van der Waals surface area contributed by atoms with Crippen molar-refractivity contribution in [3.8, 4) is 0 Å². The Kier molecular flexibility index (Phi) is 4.00. The molecule has 0 aliphatic carbocycles. The largest absolute Gasteiger partial charge is 0.463 e. The monoisotopic (exact) mass is 279 g/mol. The second-order valence-electron chi connectivity index (χ2n) is 2.57. The summed E-state index contributed by atoms with van der Waals surface area (Å²) in [6, 6.07) is 0. The van der Waals surface area contributed by atoms with Gasteiger partial charge in [0.05, 0.1) is 17.7 Å². The zero-order valence-corrected chi connectivity index (χ0v) is 10.2. The van der Waals surface area contributed by atoms with Gasteiger partial charge >= 0.3 is 5.97 Å². The van der Waals surface area contributed by atoms with Crippen molar-refractivity contribution >= 4 is 39.6 Å². The van der Waals surface area contributed by atoms with Crippen molar-refractivity contribution in [2.75, 3.05) is 13.7 Å². The fourth-order valence-corrected chi connectivity index (χ4v) is 2.68. The highest BCUT2D eigenvalue weighted by Gasteiger charge is 2.32. The van der Waals surface area contributed by atoms with Gasteiger partial charge in [-0.25, -0.2) is 4.79 Å². The number of esters is 1. The van der Waals surface area contributed by atoms with Gasteiger partial charge in [-0.15, -0.1) is 0 Å². The molecule has 4 nitrogen and oxygen atoms in total. The molecular formula is C8H10BrNO3S. The average molecular weight is 280 g/mol. The second kappa shape index (κ2) is 4.84. The van der Waals surface area contributed by atoms with Gasteiger partial charge in [0.25, 0.3) is 5.91 Å². The van der Waals surface area contributed by atoms with Crippen LogP contribution in [0.4, 0.5) is 0 Å². The molecule has 0 aromatic heterocycles. The molecule has 78 valence electrons. The maximum absolute atomic E-state index is 11.3. The molecule has 1 saturated heterocycles. The van der Waals surface area contributed by atoms with Crippen molar-refractivity contribution in [1.29, 1.82) is 0 Å². The summed E-state index contributed by atoms with van der Waals surface area (Å²) in [7, 11) is 1.63. The van der Waals surface area contributed by atoms with Crippen molar-refractivity contribution in [2.45, 2.75) is 11.1 Å². The molecule has 1 fully saturated rings. The van der Waals surface area contributed by atoms with Crippen LogP contribution in [0.1, 0.15) is 6.92 Å². The Labute approximate surface area is 94.8 Å². The van der Waals surface area contributed by atoms with E-state index in [2.05, 4.69) is 15.9 Å². The third kappa shape index (κ3) is 2.51. The standard InChI is InChI=1S/C8H10BrNO3S/c1-3-13-6(11)4-5-10(2)8(12)7(9)14-5/h4,7H,3H2,1-2H3/b5-4+. The van der Waals surface area contributed by atoms with E-state index in [0.717, 1.165) is 0 Å². The molecule has 1 heterocycles. The van der Waals surface area contributed by atoms with Gasteiger partial charge in [0.2, 0.25) is 0 Å². The van der Waals surface area contributed by atoms with Crippen LogP contribution in [0.3, 0.4) is 0 Å². The van der Waals surface area contributed by atoms with Crippen LogP contribution in [-0.2, 0) is 14.3 Å². The molecule has 1 aliphatic heterocycles. The first-order chi connectivity index (χ1) is 6.56. The molecule has 0 bridgehead atoms. The zero-order valence-electron chi connectivity index (χ0n) is 7.82. The van der Waals surface area contributed by atoms with E-state index < -0.39 is 5.97 Å². The lowest BCUT2D eigenvalue weighted by Gasteiger charge is -2.08. The molecule has 14 heavy (non-hydrogen) atoms. The van der Waals surface area contributed by atoms with Gasteiger partial charge in [-0.05, 0) is 6.92 Å². The molecule has 6 heteroatoms. The maximum Gasteiger partial charge on any atom is 0.333 e. The number of thioether (sulfide) groups is 1. The molecular weight excluding hydrogens is 270 g/mol. The zero-order chi connectivity index (χ0) is 10.7. The van der Waals surface area contributed by atoms with E-state index in [9.17, 15) is 9.59 Å². The molecule has 0 aromatic rings. The summed E-state index contributed by atoms with van der Waals surface area (Å²) in [6.07, 6.45) is 1.33. The fraction of sp³-hybridized carbons (Fsp3) is 0.500. The van der Waals surface area contributed by atoms with Gasteiger partial charge in [0.1, 0.15) is 4.16 Å². The van der Waals surface area contributed by atoms with E-state index in [0.29, 0.717) is 11.6 Å². The lowest BCUT2D eigenvalue weighted by molar-refractivity contribution is -0.137. The predicted octanol–water partition coefficient (Wildman–Crippen LogP) is 1.32. The van der Waals surface area contributed by atoms with Crippen LogP contribution < -0.4 is 0 Å². The third-order valence-electron chi connectivity index (χ3n) is 1.61. The fourth-order valence-electron chi connectivity index (χ4n) is 0.912. The Morgan fingerprint density at radius 2 is 2.43 bits per heavy atom. The van der Waals surface area contributed by atoms with Gasteiger partial charge < -0.3 is 9.64 Å². The van der Waals surface area contributed by atoms with Gasteiger partial charge in [0, 0.05) is 7.05 Å². The van der Waals surface area contributed by atoms with Gasteiger partial charge in [-0.3, -0.25) is 4.79 Å². The van der Waals surface area contributed by atoms with Crippen molar-refractivity contribution in [1.82, 2.24) is 4.90 Å². The lowest BCUT2D eigenvalue weighted by atomic mass is 10.5. The van der Waals surface area contributed by atoms with E-state index in [-0.39, 0.29) is 10.1 Å².